The molecular weight excluding hydrogens is 200 g/mol. The van der Waals surface area contributed by atoms with Gasteiger partial charge in [-0.1, -0.05) is 0 Å². The zero-order valence-corrected chi connectivity index (χ0v) is 10.0. The van der Waals surface area contributed by atoms with Crippen LogP contribution in [0.1, 0.15) is 13.8 Å². The summed E-state index contributed by atoms with van der Waals surface area (Å²) in [5.74, 6) is 0.328. The summed E-state index contributed by atoms with van der Waals surface area (Å²) in [4.78, 5) is 4.67. The van der Waals surface area contributed by atoms with E-state index in [1.165, 1.54) is 0 Å². The molecule has 1 heterocycles. The van der Waals surface area contributed by atoms with Gasteiger partial charge in [0.1, 0.15) is 0 Å². The molecule has 3 atom stereocenters. The molecule has 1 aliphatic heterocycles. The van der Waals surface area contributed by atoms with Gasteiger partial charge in [-0.3, -0.25) is 9.80 Å². The van der Waals surface area contributed by atoms with E-state index in [0.29, 0.717) is 24.5 Å². The first kappa shape index (κ1) is 12.2. The van der Waals surface area contributed by atoms with Crippen molar-refractivity contribution in [2.45, 2.75) is 32.0 Å². The topological polar surface area (TPSA) is 26.7 Å². The minimum atomic E-state index is -0.389. The van der Waals surface area contributed by atoms with Crippen LogP contribution < -0.4 is 0 Å². The molecule has 1 N–H and O–H groups in total. The average Bonchev–Trinajstić information content (AvgIpc) is 2.14. The van der Waals surface area contributed by atoms with Gasteiger partial charge < -0.3 is 5.11 Å². The molecule has 0 aliphatic carbocycles. The van der Waals surface area contributed by atoms with Crippen LogP contribution in [-0.2, 0) is 0 Å². The Morgan fingerprint density at radius 1 is 1.36 bits per heavy atom. The lowest BCUT2D eigenvalue weighted by atomic mass is 10.1. The monoisotopic (exact) mass is 220 g/mol. The van der Waals surface area contributed by atoms with E-state index in [-0.39, 0.29) is 6.10 Å². The van der Waals surface area contributed by atoms with Crippen molar-refractivity contribution in [3.8, 4) is 0 Å². The van der Waals surface area contributed by atoms with Crippen LogP contribution in [0.5, 0.6) is 0 Å². The highest BCUT2D eigenvalue weighted by Gasteiger charge is 2.27. The van der Waals surface area contributed by atoms with Crippen LogP contribution in [0.2, 0.25) is 0 Å². The molecule has 3 unspecified atom stereocenters. The third kappa shape index (κ3) is 3.09. The second kappa shape index (κ2) is 5.31. The van der Waals surface area contributed by atoms with Gasteiger partial charge in [0, 0.05) is 37.6 Å². The van der Waals surface area contributed by atoms with Crippen molar-refractivity contribution in [1.82, 2.24) is 9.80 Å². The quantitative estimate of drug-likeness (QED) is 0.707. The Morgan fingerprint density at radius 2 is 1.86 bits per heavy atom. The molecule has 0 aromatic rings. The predicted molar refractivity (Wildman–Crippen MR) is 59.9 cm³/mol. The van der Waals surface area contributed by atoms with E-state index in [9.17, 15) is 5.11 Å². The molecule has 0 radical (unpaired) electrons. The van der Waals surface area contributed by atoms with Crippen LogP contribution in [0, 0.1) is 0 Å². The van der Waals surface area contributed by atoms with Gasteiger partial charge in [0.2, 0.25) is 0 Å². The number of piperazine rings is 1. The third-order valence-electron chi connectivity index (χ3n) is 3.08. The van der Waals surface area contributed by atoms with Gasteiger partial charge in [0.25, 0.3) is 0 Å². The highest BCUT2D eigenvalue weighted by molar-refractivity contribution is 6.18. The smallest absolute Gasteiger partial charge is 0.0802 e. The molecule has 4 heteroatoms. The second-order valence-electron chi connectivity index (χ2n) is 4.39. The van der Waals surface area contributed by atoms with Gasteiger partial charge in [0.05, 0.1) is 6.10 Å². The summed E-state index contributed by atoms with van der Waals surface area (Å²) < 4.78 is 0. The van der Waals surface area contributed by atoms with Crippen LogP contribution in [0.15, 0.2) is 0 Å². The number of rotatable bonds is 3. The lowest BCUT2D eigenvalue weighted by molar-refractivity contribution is 0.0338. The van der Waals surface area contributed by atoms with E-state index >= 15 is 0 Å². The van der Waals surface area contributed by atoms with Gasteiger partial charge in [-0.25, -0.2) is 0 Å². The number of β-amino-alcohol motifs (C(OH)–C–C–N with tert-alkyl or cyclic N) is 1. The first-order valence-corrected chi connectivity index (χ1v) is 5.76. The largest absolute Gasteiger partial charge is 0.391 e. The van der Waals surface area contributed by atoms with Gasteiger partial charge in [-0.2, -0.15) is 0 Å². The van der Waals surface area contributed by atoms with Gasteiger partial charge >= 0.3 is 0 Å². The highest BCUT2D eigenvalue weighted by atomic mass is 35.5. The number of likely N-dealkylation sites (N-methyl/N-ethyl adjacent to an activating group) is 1. The van der Waals surface area contributed by atoms with Gasteiger partial charge in [-0.15, -0.1) is 11.6 Å². The van der Waals surface area contributed by atoms with Crippen molar-refractivity contribution in [1.29, 1.82) is 0 Å². The Labute approximate surface area is 91.6 Å². The lowest BCUT2D eigenvalue weighted by Gasteiger charge is -2.42. The molecule has 1 fully saturated rings. The van der Waals surface area contributed by atoms with Crippen LogP contribution in [-0.4, -0.2) is 65.7 Å². The fourth-order valence-electron chi connectivity index (χ4n) is 2.01. The fraction of sp³-hybridized carbons (Fsp3) is 1.00. The molecule has 0 aromatic heterocycles. The molecule has 0 aromatic carbocycles. The first-order valence-electron chi connectivity index (χ1n) is 5.23. The van der Waals surface area contributed by atoms with Crippen LogP contribution in [0.4, 0.5) is 0 Å². The van der Waals surface area contributed by atoms with Crippen molar-refractivity contribution >= 4 is 11.6 Å². The van der Waals surface area contributed by atoms with Gasteiger partial charge in [-0.05, 0) is 20.9 Å². The fourth-order valence-corrected chi connectivity index (χ4v) is 2.11. The normalized spacial score (nSPS) is 33.2. The minimum absolute atomic E-state index is 0.328. The number of hydrogen-bond acceptors (Lipinski definition) is 3. The van der Waals surface area contributed by atoms with E-state index in [1.54, 1.807) is 0 Å². The number of aliphatic hydroxyl groups is 1. The average molecular weight is 221 g/mol. The summed E-state index contributed by atoms with van der Waals surface area (Å²) in [6.45, 7) is 7.18. The minimum Gasteiger partial charge on any atom is -0.391 e. The summed E-state index contributed by atoms with van der Waals surface area (Å²) in [6.07, 6.45) is -0.389. The Kier molecular flexibility index (Phi) is 4.64. The molecule has 1 rings (SSSR count). The predicted octanol–water partition coefficient (Wildman–Crippen LogP) is 0.610. The summed E-state index contributed by atoms with van der Waals surface area (Å²) in [7, 11) is 2.16. The van der Waals surface area contributed by atoms with E-state index < -0.39 is 0 Å². The number of aliphatic hydroxyl groups excluding tert-OH is 1. The Bertz CT molecular complexity index is 165. The number of nitrogens with zero attached hydrogens (tertiary/aromatic N) is 2. The maximum atomic E-state index is 9.46. The highest BCUT2D eigenvalue weighted by Crippen LogP contribution is 2.13. The van der Waals surface area contributed by atoms with E-state index in [2.05, 4.69) is 30.7 Å². The standard InChI is InChI=1S/C10H21ClN2O/c1-8-5-13(7-10(14)4-11)6-9(2)12(8)3/h8-10,14H,4-7H2,1-3H3. The summed E-state index contributed by atoms with van der Waals surface area (Å²) in [5.41, 5.74) is 0. The Balaban J connectivity index is 2.41. The van der Waals surface area contributed by atoms with E-state index in [0.717, 1.165) is 13.1 Å². The zero-order chi connectivity index (χ0) is 10.7. The maximum Gasteiger partial charge on any atom is 0.0802 e. The van der Waals surface area contributed by atoms with Crippen LogP contribution in [0.3, 0.4) is 0 Å². The molecule has 1 saturated heterocycles. The van der Waals surface area contributed by atoms with Gasteiger partial charge in [0.15, 0.2) is 0 Å². The zero-order valence-electron chi connectivity index (χ0n) is 9.28. The summed E-state index contributed by atoms with van der Waals surface area (Å²) >= 11 is 5.59. The van der Waals surface area contributed by atoms with Crippen molar-refractivity contribution in [3.05, 3.63) is 0 Å². The van der Waals surface area contributed by atoms with E-state index in [4.69, 9.17) is 11.6 Å². The molecule has 84 valence electrons. The lowest BCUT2D eigenvalue weighted by Crippen LogP contribution is -2.56. The molecule has 14 heavy (non-hydrogen) atoms. The van der Waals surface area contributed by atoms with E-state index in [1.807, 2.05) is 0 Å². The van der Waals surface area contributed by atoms with Crippen LogP contribution in [0.25, 0.3) is 0 Å². The van der Waals surface area contributed by atoms with Crippen LogP contribution >= 0.6 is 11.6 Å². The maximum absolute atomic E-state index is 9.46. The number of alkyl halides is 1. The number of hydrogen-bond donors (Lipinski definition) is 1. The van der Waals surface area contributed by atoms with Crippen molar-refractivity contribution < 1.29 is 5.11 Å². The van der Waals surface area contributed by atoms with Crippen molar-refractivity contribution in [2.75, 3.05) is 32.6 Å². The summed E-state index contributed by atoms with van der Waals surface area (Å²) in [5, 5.41) is 9.46. The molecular formula is C10H21ClN2O. The Hall–Kier alpha value is 0.170. The molecule has 3 nitrogen and oxygen atoms in total. The molecule has 0 amide bonds. The number of halogens is 1. The molecule has 0 saturated carbocycles. The second-order valence-corrected chi connectivity index (χ2v) is 4.70. The van der Waals surface area contributed by atoms with Crippen molar-refractivity contribution in [3.63, 3.8) is 0 Å². The molecule has 0 spiro atoms. The molecule has 0 bridgehead atoms. The SMILES string of the molecule is CC1CN(CC(O)CCl)CC(C)N1C. The van der Waals surface area contributed by atoms with Crippen molar-refractivity contribution in [2.24, 2.45) is 0 Å². The summed E-state index contributed by atoms with van der Waals surface area (Å²) in [6, 6.07) is 1.11. The third-order valence-corrected chi connectivity index (χ3v) is 3.44. The molecule has 1 aliphatic rings. The Morgan fingerprint density at radius 3 is 2.29 bits per heavy atom. The first-order chi connectivity index (χ1) is 6.54.